The number of nitrogens with two attached hydrogens (primary N) is 1. The Morgan fingerprint density at radius 3 is 2.47 bits per heavy atom. The quantitative estimate of drug-likeness (QED) is 0.566. The van der Waals surface area contributed by atoms with Crippen molar-refractivity contribution < 1.29 is 19.5 Å². The van der Waals surface area contributed by atoms with Crippen molar-refractivity contribution in [1.82, 2.24) is 5.32 Å². The molecule has 0 aromatic heterocycles. The third-order valence-electron chi connectivity index (χ3n) is 2.13. The number of carbonyl (C=O) groups is 3. The number of hydrogen-bond donors (Lipinski definition) is 4. The number of amides is 3. The topological polar surface area (TPSA) is 122 Å². The zero-order valence-corrected chi connectivity index (χ0v) is 11.9. The molecule has 0 aliphatic heterocycles. The number of carbonyl (C=O) groups excluding carboxylic acids is 2. The third-order valence-corrected chi connectivity index (χ3v) is 3.07. The molecule has 0 aliphatic carbocycles. The Balaban J connectivity index is 2.65. The minimum absolute atomic E-state index is 0.464. The normalized spacial score (nSPS) is 11.4. The van der Waals surface area contributed by atoms with Crippen molar-refractivity contribution in [1.29, 1.82) is 0 Å². The number of carboxylic acids is 1. The van der Waals surface area contributed by atoms with Crippen LogP contribution in [0.1, 0.15) is 6.42 Å². The molecule has 1 aromatic rings. The Bertz CT molecular complexity index is 506. The van der Waals surface area contributed by atoms with E-state index in [4.69, 9.17) is 10.8 Å². The molecule has 1 atom stereocenters. The lowest BCUT2D eigenvalue weighted by atomic mass is 10.2. The molecule has 0 radical (unpaired) electrons. The summed E-state index contributed by atoms with van der Waals surface area (Å²) in [6, 6.07) is 4.93. The fraction of sp³-hybridized carbons (Fsp3) is 0.182. The molecule has 0 heterocycles. The highest BCUT2D eigenvalue weighted by Gasteiger charge is 2.22. The van der Waals surface area contributed by atoms with Crippen LogP contribution in [0.4, 0.5) is 10.5 Å². The SMILES string of the molecule is NC(=O)C[C@H](NC(=O)Nc1ccccc1I)C(=O)O. The van der Waals surface area contributed by atoms with Crippen molar-refractivity contribution in [3.63, 3.8) is 0 Å². The summed E-state index contributed by atoms with van der Waals surface area (Å²) in [5.41, 5.74) is 5.45. The van der Waals surface area contributed by atoms with Crippen LogP contribution in [0.15, 0.2) is 24.3 Å². The second kappa shape index (κ2) is 6.92. The molecule has 7 nitrogen and oxygen atoms in total. The van der Waals surface area contributed by atoms with Crippen molar-refractivity contribution in [3.8, 4) is 0 Å². The van der Waals surface area contributed by atoms with Gasteiger partial charge in [0.1, 0.15) is 6.04 Å². The number of carboxylic acid groups (broad SMARTS) is 1. The van der Waals surface area contributed by atoms with E-state index >= 15 is 0 Å². The third kappa shape index (κ3) is 5.12. The van der Waals surface area contributed by atoms with Crippen LogP contribution in [0.3, 0.4) is 0 Å². The number of anilines is 1. The molecule has 3 amide bonds. The lowest BCUT2D eigenvalue weighted by Crippen LogP contribution is -2.45. The summed E-state index contributed by atoms with van der Waals surface area (Å²) in [5, 5.41) is 13.5. The maximum atomic E-state index is 11.6. The summed E-state index contributed by atoms with van der Waals surface area (Å²) < 4.78 is 0.803. The molecule has 5 N–H and O–H groups in total. The molecule has 0 aliphatic rings. The molecule has 0 saturated heterocycles. The Morgan fingerprint density at radius 2 is 1.95 bits per heavy atom. The van der Waals surface area contributed by atoms with Gasteiger partial charge in [-0.25, -0.2) is 9.59 Å². The number of halogens is 1. The number of aliphatic carboxylic acids is 1. The second-order valence-corrected chi connectivity index (χ2v) is 4.80. The Kier molecular flexibility index (Phi) is 5.55. The number of rotatable bonds is 5. The molecular weight excluding hydrogens is 365 g/mol. The monoisotopic (exact) mass is 377 g/mol. The number of primary amides is 1. The first-order chi connectivity index (χ1) is 8.90. The van der Waals surface area contributed by atoms with E-state index in [1.54, 1.807) is 24.3 Å². The van der Waals surface area contributed by atoms with Crippen LogP contribution >= 0.6 is 22.6 Å². The van der Waals surface area contributed by atoms with Crippen LogP contribution in [0.25, 0.3) is 0 Å². The predicted molar refractivity (Wildman–Crippen MR) is 76.5 cm³/mol. The van der Waals surface area contributed by atoms with Gasteiger partial charge < -0.3 is 21.5 Å². The van der Waals surface area contributed by atoms with Crippen molar-refractivity contribution in [2.24, 2.45) is 5.73 Å². The zero-order chi connectivity index (χ0) is 14.4. The van der Waals surface area contributed by atoms with Crippen molar-refractivity contribution in [2.75, 3.05) is 5.32 Å². The molecule has 0 saturated carbocycles. The Morgan fingerprint density at radius 1 is 1.32 bits per heavy atom. The molecule has 1 aromatic carbocycles. The van der Waals surface area contributed by atoms with E-state index in [0.29, 0.717) is 5.69 Å². The Hall–Kier alpha value is -1.84. The molecule has 8 heteroatoms. The van der Waals surface area contributed by atoms with E-state index in [9.17, 15) is 14.4 Å². The van der Waals surface area contributed by atoms with Crippen molar-refractivity contribution in [2.45, 2.75) is 12.5 Å². The molecule has 102 valence electrons. The van der Waals surface area contributed by atoms with E-state index in [-0.39, 0.29) is 0 Å². The number of urea groups is 1. The van der Waals surface area contributed by atoms with Gasteiger partial charge in [0.25, 0.3) is 0 Å². The van der Waals surface area contributed by atoms with Crippen molar-refractivity contribution >= 4 is 46.2 Å². The van der Waals surface area contributed by atoms with Crippen LogP contribution in [-0.2, 0) is 9.59 Å². The highest BCUT2D eigenvalue weighted by atomic mass is 127. The molecule has 0 unspecified atom stereocenters. The minimum atomic E-state index is -1.35. The fourth-order valence-corrected chi connectivity index (χ4v) is 1.80. The van der Waals surface area contributed by atoms with Gasteiger partial charge in [0, 0.05) is 3.57 Å². The van der Waals surface area contributed by atoms with E-state index in [1.165, 1.54) is 0 Å². The molecule has 0 fully saturated rings. The Labute approximate surface area is 122 Å². The molecular formula is C11H12IN3O4. The summed E-state index contributed by atoms with van der Waals surface area (Å²) in [7, 11) is 0. The lowest BCUT2D eigenvalue weighted by Gasteiger charge is -2.14. The van der Waals surface area contributed by atoms with Gasteiger partial charge in [0.2, 0.25) is 5.91 Å². The van der Waals surface area contributed by atoms with Gasteiger partial charge >= 0.3 is 12.0 Å². The van der Waals surface area contributed by atoms with Gasteiger partial charge in [0.05, 0.1) is 12.1 Å². The second-order valence-electron chi connectivity index (χ2n) is 3.64. The smallest absolute Gasteiger partial charge is 0.326 e. The maximum absolute atomic E-state index is 11.6. The lowest BCUT2D eigenvalue weighted by molar-refractivity contribution is -0.140. The molecule has 19 heavy (non-hydrogen) atoms. The van der Waals surface area contributed by atoms with E-state index in [0.717, 1.165) is 3.57 Å². The van der Waals surface area contributed by atoms with Crippen LogP contribution in [-0.4, -0.2) is 29.1 Å². The first-order valence-corrected chi connectivity index (χ1v) is 6.31. The summed E-state index contributed by atoms with van der Waals surface area (Å²) in [6.07, 6.45) is -0.464. The van der Waals surface area contributed by atoms with Crippen LogP contribution < -0.4 is 16.4 Å². The highest BCUT2D eigenvalue weighted by molar-refractivity contribution is 14.1. The first kappa shape index (κ1) is 15.2. The van der Waals surface area contributed by atoms with E-state index in [1.807, 2.05) is 22.6 Å². The molecule has 1 rings (SSSR count). The standard InChI is InChI=1S/C11H12IN3O4/c12-6-3-1-2-4-7(6)14-11(19)15-8(10(17)18)5-9(13)16/h1-4,8H,5H2,(H2,13,16)(H,17,18)(H2,14,15,19)/t8-/m0/s1. The first-order valence-electron chi connectivity index (χ1n) is 5.23. The molecule has 0 bridgehead atoms. The average Bonchev–Trinajstić information content (AvgIpc) is 2.30. The summed E-state index contributed by atoms with van der Waals surface area (Å²) >= 11 is 2.03. The largest absolute Gasteiger partial charge is 0.480 e. The summed E-state index contributed by atoms with van der Waals surface area (Å²) in [4.78, 5) is 33.2. The summed E-state index contributed by atoms with van der Waals surface area (Å²) in [5.74, 6) is -2.13. The van der Waals surface area contributed by atoms with Gasteiger partial charge in [-0.3, -0.25) is 4.79 Å². The minimum Gasteiger partial charge on any atom is -0.480 e. The van der Waals surface area contributed by atoms with Gasteiger partial charge in [-0.05, 0) is 34.7 Å². The van der Waals surface area contributed by atoms with Gasteiger partial charge in [-0.2, -0.15) is 0 Å². The molecule has 0 spiro atoms. The van der Waals surface area contributed by atoms with Gasteiger partial charge in [0.15, 0.2) is 0 Å². The van der Waals surface area contributed by atoms with Gasteiger partial charge in [-0.1, -0.05) is 12.1 Å². The number of para-hydroxylation sites is 1. The van der Waals surface area contributed by atoms with E-state index in [2.05, 4.69) is 10.6 Å². The number of hydrogen-bond acceptors (Lipinski definition) is 3. The van der Waals surface area contributed by atoms with Crippen molar-refractivity contribution in [3.05, 3.63) is 27.8 Å². The summed E-state index contributed by atoms with van der Waals surface area (Å²) in [6.45, 7) is 0. The maximum Gasteiger partial charge on any atom is 0.326 e. The van der Waals surface area contributed by atoms with Gasteiger partial charge in [-0.15, -0.1) is 0 Å². The highest BCUT2D eigenvalue weighted by Crippen LogP contribution is 2.16. The van der Waals surface area contributed by atoms with Crippen LogP contribution in [0.2, 0.25) is 0 Å². The van der Waals surface area contributed by atoms with Crippen LogP contribution in [0.5, 0.6) is 0 Å². The average molecular weight is 377 g/mol. The van der Waals surface area contributed by atoms with Crippen LogP contribution in [0, 0.1) is 3.57 Å². The van der Waals surface area contributed by atoms with E-state index < -0.39 is 30.4 Å². The fourth-order valence-electron chi connectivity index (χ4n) is 1.28. The number of benzene rings is 1. The predicted octanol–water partition coefficient (Wildman–Crippen LogP) is 0.741. The zero-order valence-electron chi connectivity index (χ0n) is 9.72. The number of nitrogens with one attached hydrogen (secondary N) is 2.